The molecule has 0 spiro atoms. The molecule has 1 heterocycles. The van der Waals surface area contributed by atoms with Gasteiger partial charge in [-0.3, -0.25) is 19.8 Å². The number of nitrogens with one attached hydrogen (secondary N) is 1. The number of carbonyl (C=O) groups is 2. The highest BCUT2D eigenvalue weighted by molar-refractivity contribution is 9.10. The number of benzene rings is 2. The SMILES string of the molecule is CCOc1ccc(N2C(=O)/C(=C\c3ccc(Br)cc3)C(=O)NC2=S)cc1. The van der Waals surface area contributed by atoms with Gasteiger partial charge in [-0.1, -0.05) is 28.1 Å². The standard InChI is InChI=1S/C19H15BrN2O3S/c1-2-25-15-9-7-14(8-10-15)22-18(24)16(17(23)21-19(22)26)11-12-3-5-13(20)6-4-12/h3-11H,2H2,1H3,(H,21,23,26)/b16-11-. The molecular formula is C19H15BrN2O3S. The molecule has 2 amide bonds. The summed E-state index contributed by atoms with van der Waals surface area (Å²) in [6.07, 6.45) is 1.55. The number of thiocarbonyl (C=S) groups is 1. The van der Waals surface area contributed by atoms with E-state index in [-0.39, 0.29) is 10.7 Å². The van der Waals surface area contributed by atoms with Gasteiger partial charge >= 0.3 is 0 Å². The van der Waals surface area contributed by atoms with Crippen LogP contribution in [0.25, 0.3) is 6.08 Å². The number of nitrogens with zero attached hydrogens (tertiary/aromatic N) is 1. The fraction of sp³-hybridized carbons (Fsp3) is 0.105. The van der Waals surface area contributed by atoms with Crippen molar-refractivity contribution in [2.24, 2.45) is 0 Å². The third kappa shape index (κ3) is 3.84. The van der Waals surface area contributed by atoms with E-state index in [1.807, 2.05) is 31.2 Å². The summed E-state index contributed by atoms with van der Waals surface area (Å²) in [5.41, 5.74) is 1.33. The van der Waals surface area contributed by atoms with Crippen molar-refractivity contribution in [2.45, 2.75) is 6.92 Å². The van der Waals surface area contributed by atoms with Crippen LogP contribution >= 0.6 is 28.1 Å². The number of anilines is 1. The Hall–Kier alpha value is -2.51. The van der Waals surface area contributed by atoms with Gasteiger partial charge in [0.15, 0.2) is 5.11 Å². The van der Waals surface area contributed by atoms with Gasteiger partial charge in [-0.2, -0.15) is 0 Å². The number of ether oxygens (including phenoxy) is 1. The largest absolute Gasteiger partial charge is 0.494 e. The van der Waals surface area contributed by atoms with E-state index in [1.165, 1.54) is 4.90 Å². The minimum absolute atomic E-state index is 0.0230. The van der Waals surface area contributed by atoms with E-state index in [0.717, 1.165) is 10.0 Å². The minimum atomic E-state index is -0.509. The summed E-state index contributed by atoms with van der Waals surface area (Å²) >= 11 is 8.55. The lowest BCUT2D eigenvalue weighted by atomic mass is 10.1. The highest BCUT2D eigenvalue weighted by Gasteiger charge is 2.34. The van der Waals surface area contributed by atoms with E-state index in [2.05, 4.69) is 21.2 Å². The highest BCUT2D eigenvalue weighted by atomic mass is 79.9. The predicted octanol–water partition coefficient (Wildman–Crippen LogP) is 3.68. The Morgan fingerprint density at radius 2 is 1.77 bits per heavy atom. The summed E-state index contributed by atoms with van der Waals surface area (Å²) in [6.45, 7) is 2.45. The Bertz CT molecular complexity index is 892. The summed E-state index contributed by atoms with van der Waals surface area (Å²) in [7, 11) is 0. The molecule has 1 fully saturated rings. The zero-order valence-corrected chi connectivity index (χ0v) is 16.3. The van der Waals surface area contributed by atoms with Gasteiger partial charge in [0.2, 0.25) is 0 Å². The summed E-state index contributed by atoms with van der Waals surface area (Å²) in [4.78, 5) is 26.5. The lowest BCUT2D eigenvalue weighted by Gasteiger charge is -2.29. The maximum absolute atomic E-state index is 12.9. The van der Waals surface area contributed by atoms with Crippen LogP contribution in [0, 0.1) is 0 Å². The van der Waals surface area contributed by atoms with Crippen molar-refractivity contribution in [3.8, 4) is 5.75 Å². The topological polar surface area (TPSA) is 58.6 Å². The normalized spacial score (nSPS) is 16.0. The monoisotopic (exact) mass is 430 g/mol. The summed E-state index contributed by atoms with van der Waals surface area (Å²) in [6, 6.07) is 14.3. The minimum Gasteiger partial charge on any atom is -0.494 e. The van der Waals surface area contributed by atoms with Crippen molar-refractivity contribution in [3.05, 3.63) is 64.1 Å². The Morgan fingerprint density at radius 3 is 2.38 bits per heavy atom. The van der Waals surface area contributed by atoms with E-state index in [0.29, 0.717) is 18.0 Å². The zero-order chi connectivity index (χ0) is 18.7. The molecule has 2 aromatic carbocycles. The first-order valence-corrected chi connectivity index (χ1v) is 9.09. The molecule has 7 heteroatoms. The van der Waals surface area contributed by atoms with E-state index in [4.69, 9.17) is 17.0 Å². The number of rotatable bonds is 4. The maximum Gasteiger partial charge on any atom is 0.270 e. The van der Waals surface area contributed by atoms with Crippen molar-refractivity contribution >= 4 is 56.8 Å². The lowest BCUT2D eigenvalue weighted by molar-refractivity contribution is -0.122. The molecule has 0 saturated carbocycles. The average molecular weight is 431 g/mol. The summed E-state index contributed by atoms with van der Waals surface area (Å²) < 4.78 is 6.32. The highest BCUT2D eigenvalue weighted by Crippen LogP contribution is 2.24. The van der Waals surface area contributed by atoms with Crippen LogP contribution in [-0.2, 0) is 9.59 Å². The molecule has 0 unspecified atom stereocenters. The second-order valence-electron chi connectivity index (χ2n) is 5.44. The molecule has 0 radical (unpaired) electrons. The molecule has 26 heavy (non-hydrogen) atoms. The zero-order valence-electron chi connectivity index (χ0n) is 13.9. The van der Waals surface area contributed by atoms with Gasteiger partial charge in [-0.05, 0) is 67.2 Å². The number of amides is 2. The maximum atomic E-state index is 12.9. The van der Waals surface area contributed by atoms with Gasteiger partial charge in [-0.25, -0.2) is 0 Å². The lowest BCUT2D eigenvalue weighted by Crippen LogP contribution is -2.54. The van der Waals surface area contributed by atoms with Crippen molar-refractivity contribution in [1.29, 1.82) is 0 Å². The van der Waals surface area contributed by atoms with E-state index in [9.17, 15) is 9.59 Å². The predicted molar refractivity (Wildman–Crippen MR) is 108 cm³/mol. The molecule has 1 N–H and O–H groups in total. The van der Waals surface area contributed by atoms with Gasteiger partial charge in [-0.15, -0.1) is 0 Å². The second kappa shape index (κ2) is 7.80. The van der Waals surface area contributed by atoms with E-state index >= 15 is 0 Å². The molecule has 0 atom stereocenters. The quantitative estimate of drug-likeness (QED) is 0.456. The number of halogens is 1. The van der Waals surface area contributed by atoms with Crippen LogP contribution in [0.4, 0.5) is 5.69 Å². The van der Waals surface area contributed by atoms with Crippen LogP contribution in [0.5, 0.6) is 5.75 Å². The van der Waals surface area contributed by atoms with Gasteiger partial charge in [0.1, 0.15) is 11.3 Å². The number of carbonyl (C=O) groups excluding carboxylic acids is 2. The van der Waals surface area contributed by atoms with Crippen molar-refractivity contribution in [3.63, 3.8) is 0 Å². The Kier molecular flexibility index (Phi) is 5.49. The number of hydrogen-bond acceptors (Lipinski definition) is 4. The van der Waals surface area contributed by atoms with E-state index in [1.54, 1.807) is 30.3 Å². The molecule has 1 aliphatic heterocycles. The molecule has 1 aliphatic rings. The number of hydrogen-bond donors (Lipinski definition) is 1. The fourth-order valence-electron chi connectivity index (χ4n) is 2.48. The van der Waals surface area contributed by atoms with Gasteiger partial charge < -0.3 is 4.74 Å². The van der Waals surface area contributed by atoms with Crippen molar-refractivity contribution in [2.75, 3.05) is 11.5 Å². The Morgan fingerprint density at radius 1 is 1.12 bits per heavy atom. The Balaban J connectivity index is 1.93. The van der Waals surface area contributed by atoms with Crippen LogP contribution in [-0.4, -0.2) is 23.5 Å². The first-order valence-electron chi connectivity index (χ1n) is 7.89. The van der Waals surface area contributed by atoms with Crippen LogP contribution in [0.2, 0.25) is 0 Å². The second-order valence-corrected chi connectivity index (χ2v) is 6.74. The van der Waals surface area contributed by atoms with Crippen molar-refractivity contribution < 1.29 is 14.3 Å². The smallest absolute Gasteiger partial charge is 0.270 e. The summed E-state index contributed by atoms with van der Waals surface area (Å²) in [5.74, 6) is -0.280. The van der Waals surface area contributed by atoms with Gasteiger partial charge in [0.25, 0.3) is 11.8 Å². The molecule has 132 valence electrons. The third-order valence-corrected chi connectivity index (χ3v) is 4.50. The van der Waals surface area contributed by atoms with Crippen molar-refractivity contribution in [1.82, 2.24) is 5.32 Å². The van der Waals surface area contributed by atoms with Crippen LogP contribution in [0.1, 0.15) is 12.5 Å². The molecule has 5 nitrogen and oxygen atoms in total. The fourth-order valence-corrected chi connectivity index (χ4v) is 3.02. The average Bonchev–Trinajstić information content (AvgIpc) is 2.62. The molecule has 3 rings (SSSR count). The first-order chi connectivity index (χ1) is 12.5. The Labute approximate surface area is 164 Å². The van der Waals surface area contributed by atoms with E-state index < -0.39 is 11.8 Å². The van der Waals surface area contributed by atoms with Crippen LogP contribution in [0.15, 0.2) is 58.6 Å². The molecule has 2 aromatic rings. The first kappa shape index (κ1) is 18.3. The molecule has 0 aliphatic carbocycles. The third-order valence-electron chi connectivity index (χ3n) is 3.69. The van der Waals surface area contributed by atoms with Gasteiger partial charge in [0, 0.05) is 4.47 Å². The molecular weight excluding hydrogens is 416 g/mol. The molecule has 1 saturated heterocycles. The summed E-state index contributed by atoms with van der Waals surface area (Å²) in [5, 5.41) is 2.62. The van der Waals surface area contributed by atoms with Gasteiger partial charge in [0.05, 0.1) is 12.3 Å². The molecule has 0 aromatic heterocycles. The van der Waals surface area contributed by atoms with Crippen LogP contribution < -0.4 is 15.0 Å². The molecule has 0 bridgehead atoms. The van der Waals surface area contributed by atoms with Crippen LogP contribution in [0.3, 0.4) is 0 Å².